The fraction of sp³-hybridized carbons (Fsp3) is 0.389. The van der Waals surface area contributed by atoms with Gasteiger partial charge in [0.2, 0.25) is 11.9 Å². The third-order valence-corrected chi connectivity index (χ3v) is 4.54. The molecule has 1 aliphatic heterocycles. The first-order valence-corrected chi connectivity index (χ1v) is 9.38. The molecule has 1 atom stereocenters. The number of hydrogen-bond donors (Lipinski definition) is 4. The van der Waals surface area contributed by atoms with E-state index in [1.165, 1.54) is 6.07 Å². The van der Waals surface area contributed by atoms with Crippen LogP contribution < -0.4 is 27.0 Å². The highest BCUT2D eigenvalue weighted by Gasteiger charge is 2.20. The fourth-order valence-electron chi connectivity index (χ4n) is 2.95. The summed E-state index contributed by atoms with van der Waals surface area (Å²) in [5, 5.41) is 13.1. The molecule has 2 amide bonds. The van der Waals surface area contributed by atoms with Gasteiger partial charge in [0.1, 0.15) is 11.9 Å². The fourth-order valence-corrected chi connectivity index (χ4v) is 2.95. The molecule has 11 nitrogen and oxygen atoms in total. The molecule has 0 bridgehead atoms. The zero-order valence-corrected chi connectivity index (χ0v) is 16.4. The van der Waals surface area contributed by atoms with Crippen molar-refractivity contribution < 1.29 is 18.7 Å². The number of anilines is 4. The monoisotopic (exact) mass is 418 g/mol. The maximum Gasteiger partial charge on any atom is 0.273 e. The summed E-state index contributed by atoms with van der Waals surface area (Å²) in [5.74, 6) is -1.95. The highest BCUT2D eigenvalue weighted by atomic mass is 19.1. The number of primary amides is 2. The van der Waals surface area contributed by atoms with Crippen molar-refractivity contribution in [1.29, 1.82) is 0 Å². The van der Waals surface area contributed by atoms with Gasteiger partial charge in [-0.25, -0.2) is 4.39 Å². The SMILES string of the molecule is CC[C@@H](Nc1nnc(C(N)=O)c(Nc2ccc(N3CCOCC3)c(F)c2)n1)C(N)=O. The van der Waals surface area contributed by atoms with Gasteiger partial charge in [-0.1, -0.05) is 6.92 Å². The van der Waals surface area contributed by atoms with Crippen molar-refractivity contribution >= 4 is 35.0 Å². The molecule has 30 heavy (non-hydrogen) atoms. The molecule has 2 aromatic rings. The van der Waals surface area contributed by atoms with Crippen LogP contribution in [0.2, 0.25) is 0 Å². The van der Waals surface area contributed by atoms with Crippen LogP contribution in [0.15, 0.2) is 18.2 Å². The van der Waals surface area contributed by atoms with E-state index in [4.69, 9.17) is 16.2 Å². The Kier molecular flexibility index (Phi) is 6.57. The van der Waals surface area contributed by atoms with Crippen LogP contribution in [0, 0.1) is 5.82 Å². The third-order valence-electron chi connectivity index (χ3n) is 4.54. The first kappa shape index (κ1) is 21.2. The van der Waals surface area contributed by atoms with Crippen molar-refractivity contribution in [2.75, 3.05) is 41.8 Å². The first-order valence-electron chi connectivity index (χ1n) is 9.38. The van der Waals surface area contributed by atoms with Gasteiger partial charge in [0.15, 0.2) is 11.5 Å². The zero-order chi connectivity index (χ0) is 21.7. The number of nitrogens with two attached hydrogens (primary N) is 2. The Morgan fingerprint density at radius 1 is 1.27 bits per heavy atom. The normalized spacial score (nSPS) is 14.8. The maximum absolute atomic E-state index is 14.7. The maximum atomic E-state index is 14.7. The second-order valence-electron chi connectivity index (χ2n) is 6.60. The number of hydrogen-bond acceptors (Lipinski definition) is 9. The molecular formula is C18H23FN8O3. The van der Waals surface area contributed by atoms with Crippen molar-refractivity contribution in [3.8, 4) is 0 Å². The molecule has 2 heterocycles. The Hall–Kier alpha value is -3.54. The summed E-state index contributed by atoms with van der Waals surface area (Å²) in [7, 11) is 0. The van der Waals surface area contributed by atoms with Gasteiger partial charge in [-0.3, -0.25) is 9.59 Å². The van der Waals surface area contributed by atoms with E-state index in [1.807, 2.05) is 4.90 Å². The van der Waals surface area contributed by atoms with Gasteiger partial charge in [-0.05, 0) is 24.6 Å². The molecule has 0 saturated carbocycles. The van der Waals surface area contributed by atoms with Crippen LogP contribution in [-0.2, 0) is 9.53 Å². The quantitative estimate of drug-likeness (QED) is 0.474. The van der Waals surface area contributed by atoms with E-state index < -0.39 is 23.7 Å². The summed E-state index contributed by atoms with van der Waals surface area (Å²) >= 11 is 0. The number of morpholine rings is 1. The zero-order valence-electron chi connectivity index (χ0n) is 16.4. The van der Waals surface area contributed by atoms with Crippen molar-refractivity contribution in [3.63, 3.8) is 0 Å². The first-order chi connectivity index (χ1) is 14.4. The molecule has 1 saturated heterocycles. The number of benzene rings is 1. The number of nitrogens with zero attached hydrogens (tertiary/aromatic N) is 4. The Morgan fingerprint density at radius 3 is 2.60 bits per heavy atom. The number of carbonyl (C=O) groups is 2. The average Bonchev–Trinajstić information content (AvgIpc) is 2.72. The number of rotatable bonds is 8. The van der Waals surface area contributed by atoms with Crippen LogP contribution in [0.5, 0.6) is 0 Å². The number of nitrogens with one attached hydrogen (secondary N) is 2. The van der Waals surface area contributed by atoms with Crippen LogP contribution in [-0.4, -0.2) is 59.3 Å². The van der Waals surface area contributed by atoms with E-state index in [0.29, 0.717) is 44.1 Å². The van der Waals surface area contributed by atoms with Crippen molar-refractivity contribution in [2.45, 2.75) is 19.4 Å². The number of carbonyl (C=O) groups excluding carboxylic acids is 2. The van der Waals surface area contributed by atoms with Crippen molar-refractivity contribution in [2.24, 2.45) is 11.5 Å². The smallest absolute Gasteiger partial charge is 0.273 e. The predicted octanol–water partition coefficient (Wildman–Crippen LogP) is 0.366. The summed E-state index contributed by atoms with van der Waals surface area (Å²) in [4.78, 5) is 29.2. The van der Waals surface area contributed by atoms with E-state index in [1.54, 1.807) is 19.1 Å². The molecule has 0 unspecified atom stereocenters. The Labute approximate surface area is 172 Å². The van der Waals surface area contributed by atoms with Gasteiger partial charge in [-0.15, -0.1) is 10.2 Å². The van der Waals surface area contributed by atoms with Crippen LogP contribution in [0.1, 0.15) is 23.8 Å². The van der Waals surface area contributed by atoms with Gasteiger partial charge in [0, 0.05) is 18.8 Å². The molecule has 1 fully saturated rings. The second-order valence-corrected chi connectivity index (χ2v) is 6.60. The van der Waals surface area contributed by atoms with Crippen molar-refractivity contribution in [1.82, 2.24) is 15.2 Å². The predicted molar refractivity (Wildman–Crippen MR) is 108 cm³/mol. The lowest BCUT2D eigenvalue weighted by Gasteiger charge is -2.29. The van der Waals surface area contributed by atoms with Gasteiger partial charge in [0.05, 0.1) is 18.9 Å². The molecule has 160 valence electrons. The third kappa shape index (κ3) is 4.89. The summed E-state index contributed by atoms with van der Waals surface area (Å²) in [6, 6.07) is 3.83. The van der Waals surface area contributed by atoms with E-state index in [-0.39, 0.29) is 17.5 Å². The number of halogens is 1. The van der Waals surface area contributed by atoms with Crippen molar-refractivity contribution in [3.05, 3.63) is 29.7 Å². The minimum Gasteiger partial charge on any atom is -0.378 e. The minimum absolute atomic E-state index is 0.0291. The lowest BCUT2D eigenvalue weighted by atomic mass is 10.2. The summed E-state index contributed by atoms with van der Waals surface area (Å²) in [6.07, 6.45) is 0.396. The second kappa shape index (κ2) is 9.31. The van der Waals surface area contributed by atoms with E-state index >= 15 is 0 Å². The van der Waals surface area contributed by atoms with Crippen LogP contribution in [0.4, 0.5) is 27.5 Å². The molecular weight excluding hydrogens is 395 g/mol. The Balaban J connectivity index is 1.85. The van der Waals surface area contributed by atoms with Crippen LogP contribution in [0.25, 0.3) is 0 Å². The molecule has 12 heteroatoms. The van der Waals surface area contributed by atoms with E-state index in [9.17, 15) is 14.0 Å². The molecule has 6 N–H and O–H groups in total. The standard InChI is InChI=1S/C18H23FN8O3/c1-2-12(15(20)28)23-18-24-17(14(16(21)29)25-26-18)22-10-3-4-13(11(19)9-10)27-5-7-30-8-6-27/h3-4,9,12H,2,5-8H2,1H3,(H2,20,28)(H2,21,29)(H2,22,23,24,26)/t12-/m1/s1. The average molecular weight is 418 g/mol. The lowest BCUT2D eigenvalue weighted by Crippen LogP contribution is -2.36. The molecule has 1 aliphatic rings. The Bertz CT molecular complexity index is 936. The summed E-state index contributed by atoms with van der Waals surface area (Å²) < 4.78 is 19.9. The van der Waals surface area contributed by atoms with E-state index in [0.717, 1.165) is 0 Å². The number of amides is 2. The number of ether oxygens (including phenoxy) is 1. The summed E-state index contributed by atoms with van der Waals surface area (Å²) in [5.41, 5.74) is 11.2. The summed E-state index contributed by atoms with van der Waals surface area (Å²) in [6.45, 7) is 4.02. The largest absolute Gasteiger partial charge is 0.378 e. The molecule has 1 aromatic heterocycles. The molecule has 0 radical (unpaired) electrons. The van der Waals surface area contributed by atoms with Crippen LogP contribution in [0.3, 0.4) is 0 Å². The van der Waals surface area contributed by atoms with Gasteiger partial charge in [-0.2, -0.15) is 4.98 Å². The highest BCUT2D eigenvalue weighted by Crippen LogP contribution is 2.26. The van der Waals surface area contributed by atoms with Gasteiger partial charge < -0.3 is 31.7 Å². The topological polar surface area (TPSA) is 161 Å². The highest BCUT2D eigenvalue weighted by molar-refractivity contribution is 5.96. The number of aromatic nitrogens is 3. The molecule has 0 spiro atoms. The minimum atomic E-state index is -0.864. The molecule has 3 rings (SSSR count). The van der Waals surface area contributed by atoms with E-state index in [2.05, 4.69) is 25.8 Å². The molecule has 1 aromatic carbocycles. The lowest BCUT2D eigenvalue weighted by molar-refractivity contribution is -0.118. The Morgan fingerprint density at radius 2 is 2.00 bits per heavy atom. The van der Waals surface area contributed by atoms with Gasteiger partial charge >= 0.3 is 0 Å². The molecule has 0 aliphatic carbocycles. The van der Waals surface area contributed by atoms with Crippen LogP contribution >= 0.6 is 0 Å². The van der Waals surface area contributed by atoms with Gasteiger partial charge in [0.25, 0.3) is 5.91 Å².